The van der Waals surface area contributed by atoms with Crippen molar-refractivity contribution < 1.29 is 9.90 Å². The Kier molecular flexibility index (Phi) is 3.23. The van der Waals surface area contributed by atoms with Gasteiger partial charge < -0.3 is 10.4 Å². The van der Waals surface area contributed by atoms with Crippen LogP contribution in [0.2, 0.25) is 0 Å². The third-order valence-electron chi connectivity index (χ3n) is 2.40. The molecule has 2 rings (SSSR count). The van der Waals surface area contributed by atoms with Crippen LogP contribution in [-0.2, 0) is 4.79 Å². The number of benzene rings is 1. The van der Waals surface area contributed by atoms with E-state index in [2.05, 4.69) is 15.3 Å². The fraction of sp³-hybridized carbons (Fsp3) is 0.154. The van der Waals surface area contributed by atoms with E-state index in [1.165, 1.54) is 6.92 Å². The van der Waals surface area contributed by atoms with Gasteiger partial charge in [-0.2, -0.15) is 0 Å². The fourth-order valence-electron chi connectivity index (χ4n) is 1.54. The maximum atomic E-state index is 11.0. The van der Waals surface area contributed by atoms with Crippen LogP contribution in [0, 0.1) is 6.92 Å². The quantitative estimate of drug-likeness (QED) is 0.847. The van der Waals surface area contributed by atoms with Crippen LogP contribution in [0.4, 0.5) is 5.82 Å². The number of hydrogen-bond acceptors (Lipinski definition) is 4. The zero-order valence-electron chi connectivity index (χ0n) is 10.1. The number of rotatable bonds is 2. The first-order chi connectivity index (χ1) is 8.56. The molecule has 0 unspecified atom stereocenters. The Bertz CT molecular complexity index is 579. The molecule has 0 aliphatic heterocycles. The monoisotopic (exact) mass is 243 g/mol. The van der Waals surface area contributed by atoms with E-state index in [-0.39, 0.29) is 11.7 Å². The van der Waals surface area contributed by atoms with Crippen LogP contribution >= 0.6 is 0 Å². The van der Waals surface area contributed by atoms with Gasteiger partial charge in [-0.15, -0.1) is 0 Å². The molecule has 0 bridgehead atoms. The predicted molar refractivity (Wildman–Crippen MR) is 68.2 cm³/mol. The highest BCUT2D eigenvalue weighted by atomic mass is 16.3. The molecule has 2 N–H and O–H groups in total. The molecule has 0 saturated heterocycles. The summed E-state index contributed by atoms with van der Waals surface area (Å²) in [6.45, 7) is 3.21. The highest BCUT2D eigenvalue weighted by molar-refractivity contribution is 5.88. The van der Waals surface area contributed by atoms with Crippen LogP contribution in [0.15, 0.2) is 30.5 Å². The smallest absolute Gasteiger partial charge is 0.222 e. The lowest BCUT2D eigenvalue weighted by Crippen LogP contribution is -2.09. The van der Waals surface area contributed by atoms with E-state index in [0.717, 1.165) is 5.56 Å². The average Bonchev–Trinajstić information content (AvgIpc) is 2.32. The van der Waals surface area contributed by atoms with E-state index >= 15 is 0 Å². The number of anilines is 1. The maximum Gasteiger partial charge on any atom is 0.222 e. The number of aromatic hydroxyl groups is 1. The molecule has 0 aliphatic carbocycles. The van der Waals surface area contributed by atoms with Gasteiger partial charge in [-0.05, 0) is 31.2 Å². The second-order valence-electron chi connectivity index (χ2n) is 3.92. The van der Waals surface area contributed by atoms with Gasteiger partial charge in [-0.3, -0.25) is 4.79 Å². The third-order valence-corrected chi connectivity index (χ3v) is 2.40. The maximum absolute atomic E-state index is 11.0. The Morgan fingerprint density at radius 3 is 2.50 bits per heavy atom. The summed E-state index contributed by atoms with van der Waals surface area (Å²) in [5.74, 6) is 0.494. The minimum absolute atomic E-state index is 0.176. The van der Waals surface area contributed by atoms with Crippen molar-refractivity contribution in [1.82, 2.24) is 9.97 Å². The summed E-state index contributed by atoms with van der Waals surface area (Å²) in [6.07, 6.45) is 1.59. The van der Waals surface area contributed by atoms with Crippen molar-refractivity contribution in [2.24, 2.45) is 0 Å². The highest BCUT2D eigenvalue weighted by Gasteiger charge is 2.06. The molecule has 18 heavy (non-hydrogen) atoms. The first-order valence-electron chi connectivity index (χ1n) is 5.47. The second kappa shape index (κ2) is 4.83. The summed E-state index contributed by atoms with van der Waals surface area (Å²) in [6, 6.07) is 6.70. The number of aromatic nitrogens is 2. The molecule has 0 spiro atoms. The van der Waals surface area contributed by atoms with Crippen molar-refractivity contribution in [3.8, 4) is 17.0 Å². The Hall–Kier alpha value is -2.43. The predicted octanol–water partition coefficient (Wildman–Crippen LogP) is 2.12. The average molecular weight is 243 g/mol. The summed E-state index contributed by atoms with van der Waals surface area (Å²) < 4.78 is 0. The third kappa shape index (κ3) is 2.63. The highest BCUT2D eigenvalue weighted by Crippen LogP contribution is 2.21. The topological polar surface area (TPSA) is 75.1 Å². The van der Waals surface area contributed by atoms with Crippen LogP contribution in [0.1, 0.15) is 12.6 Å². The molecular formula is C13H13N3O2. The number of hydrogen-bond donors (Lipinski definition) is 2. The summed E-state index contributed by atoms with van der Waals surface area (Å²) >= 11 is 0. The van der Waals surface area contributed by atoms with Gasteiger partial charge in [0, 0.05) is 12.5 Å². The fourth-order valence-corrected chi connectivity index (χ4v) is 1.54. The van der Waals surface area contributed by atoms with Crippen LogP contribution in [0.5, 0.6) is 5.75 Å². The summed E-state index contributed by atoms with van der Waals surface area (Å²) in [4.78, 5) is 19.5. The van der Waals surface area contributed by atoms with Gasteiger partial charge in [-0.1, -0.05) is 0 Å². The number of phenolic OH excluding ortho intramolecular Hbond substituents is 1. The van der Waals surface area contributed by atoms with Crippen LogP contribution < -0.4 is 5.32 Å². The van der Waals surface area contributed by atoms with Crippen LogP contribution in [0.3, 0.4) is 0 Å². The van der Waals surface area contributed by atoms with E-state index < -0.39 is 0 Å². The summed E-state index contributed by atoms with van der Waals surface area (Å²) in [5.41, 5.74) is 2.20. The molecule has 0 saturated carbocycles. The normalized spacial score (nSPS) is 10.1. The molecule has 1 amide bonds. The van der Waals surface area contributed by atoms with Gasteiger partial charge in [-0.25, -0.2) is 9.97 Å². The zero-order chi connectivity index (χ0) is 13.1. The van der Waals surface area contributed by atoms with E-state index in [4.69, 9.17) is 0 Å². The van der Waals surface area contributed by atoms with Crippen molar-refractivity contribution in [2.45, 2.75) is 13.8 Å². The lowest BCUT2D eigenvalue weighted by molar-refractivity contribution is -0.114. The molecule has 2 aromatic rings. The van der Waals surface area contributed by atoms with Crippen molar-refractivity contribution in [3.05, 3.63) is 36.2 Å². The molecule has 0 radical (unpaired) electrons. The lowest BCUT2D eigenvalue weighted by atomic mass is 10.1. The number of nitrogens with zero attached hydrogens (tertiary/aromatic N) is 2. The van der Waals surface area contributed by atoms with Crippen LogP contribution in [-0.4, -0.2) is 21.0 Å². The first-order valence-corrected chi connectivity index (χ1v) is 5.47. The van der Waals surface area contributed by atoms with E-state index in [1.807, 2.05) is 0 Å². The van der Waals surface area contributed by atoms with E-state index in [1.54, 1.807) is 37.4 Å². The molecule has 1 aromatic heterocycles. The van der Waals surface area contributed by atoms with E-state index in [9.17, 15) is 9.90 Å². The van der Waals surface area contributed by atoms with Crippen molar-refractivity contribution >= 4 is 11.7 Å². The molecule has 0 aliphatic rings. The standard InChI is InChI=1S/C13H13N3O2/c1-8-13(16-9(2)17)14-7-12(15-8)10-3-5-11(18)6-4-10/h3-7,18H,1-2H3,(H,14,16,17). The number of nitrogens with one attached hydrogen (secondary N) is 1. The van der Waals surface area contributed by atoms with Gasteiger partial charge in [0.25, 0.3) is 0 Å². The molecule has 0 fully saturated rings. The molecule has 1 aromatic carbocycles. The summed E-state index contributed by atoms with van der Waals surface area (Å²) in [5, 5.41) is 11.8. The molecule has 5 nitrogen and oxygen atoms in total. The van der Waals surface area contributed by atoms with Crippen molar-refractivity contribution in [1.29, 1.82) is 0 Å². The molecule has 1 heterocycles. The minimum atomic E-state index is -0.176. The number of phenols is 1. The Balaban J connectivity index is 2.33. The number of aryl methyl sites for hydroxylation is 1. The largest absolute Gasteiger partial charge is 0.508 e. The molecule has 92 valence electrons. The van der Waals surface area contributed by atoms with Gasteiger partial charge in [0.05, 0.1) is 17.6 Å². The number of carbonyl (C=O) groups is 1. The Morgan fingerprint density at radius 2 is 1.94 bits per heavy atom. The van der Waals surface area contributed by atoms with E-state index in [0.29, 0.717) is 17.2 Å². The lowest BCUT2D eigenvalue weighted by Gasteiger charge is -2.07. The molecular weight excluding hydrogens is 230 g/mol. The SMILES string of the molecule is CC(=O)Nc1ncc(-c2ccc(O)cc2)nc1C. The van der Waals surface area contributed by atoms with Crippen LogP contribution in [0.25, 0.3) is 11.3 Å². The van der Waals surface area contributed by atoms with Crippen molar-refractivity contribution in [2.75, 3.05) is 5.32 Å². The zero-order valence-corrected chi connectivity index (χ0v) is 10.1. The Labute approximate surface area is 105 Å². The van der Waals surface area contributed by atoms with Gasteiger partial charge >= 0.3 is 0 Å². The first kappa shape index (κ1) is 12.0. The molecule has 5 heteroatoms. The van der Waals surface area contributed by atoms with Crippen molar-refractivity contribution in [3.63, 3.8) is 0 Å². The molecule has 0 atom stereocenters. The number of amides is 1. The minimum Gasteiger partial charge on any atom is -0.508 e. The Morgan fingerprint density at radius 1 is 1.28 bits per heavy atom. The van der Waals surface area contributed by atoms with Gasteiger partial charge in [0.15, 0.2) is 5.82 Å². The summed E-state index contributed by atoms with van der Waals surface area (Å²) in [7, 11) is 0. The van der Waals surface area contributed by atoms with Gasteiger partial charge in [0.1, 0.15) is 5.75 Å². The second-order valence-corrected chi connectivity index (χ2v) is 3.92. The van der Waals surface area contributed by atoms with Gasteiger partial charge in [0.2, 0.25) is 5.91 Å². The number of carbonyl (C=O) groups excluding carboxylic acids is 1.